The zero-order valence-corrected chi connectivity index (χ0v) is 11.1. The van der Waals surface area contributed by atoms with Crippen LogP contribution in [0.1, 0.15) is 38.5 Å². The maximum absolute atomic E-state index is 3.85. The largest absolute Gasteiger partial charge is 0.312 e. The molecule has 1 nitrogen and oxygen atoms in total. The van der Waals surface area contributed by atoms with Gasteiger partial charge in [0.2, 0.25) is 0 Å². The van der Waals surface area contributed by atoms with Crippen molar-refractivity contribution in [3.8, 4) is 0 Å². The van der Waals surface area contributed by atoms with Gasteiger partial charge < -0.3 is 5.32 Å². The lowest BCUT2D eigenvalue weighted by molar-refractivity contribution is 0.160. The third-order valence-corrected chi connectivity index (χ3v) is 6.42. The van der Waals surface area contributed by atoms with Crippen LogP contribution in [0, 0.1) is 11.8 Å². The highest BCUT2D eigenvalue weighted by Gasteiger charge is 2.42. The minimum atomic E-state index is 0.577. The molecule has 3 rings (SSSR count). The molecule has 3 aliphatic carbocycles. The average molecular weight is 237 g/mol. The van der Waals surface area contributed by atoms with E-state index in [1.807, 2.05) is 0 Å². The molecule has 3 atom stereocenters. The maximum Gasteiger partial charge on any atom is 0.0281 e. The van der Waals surface area contributed by atoms with Crippen molar-refractivity contribution in [1.82, 2.24) is 5.32 Å². The van der Waals surface area contributed by atoms with Crippen molar-refractivity contribution in [3.63, 3.8) is 0 Å². The van der Waals surface area contributed by atoms with Crippen LogP contribution in [-0.4, -0.2) is 23.6 Å². The number of thioether (sulfide) groups is 1. The van der Waals surface area contributed by atoms with Crippen LogP contribution in [0.25, 0.3) is 0 Å². The molecule has 0 aromatic rings. The highest BCUT2D eigenvalue weighted by Crippen LogP contribution is 2.44. The predicted molar refractivity (Wildman–Crippen MR) is 71.9 cm³/mol. The minimum Gasteiger partial charge on any atom is -0.312 e. The third kappa shape index (κ3) is 1.84. The monoisotopic (exact) mass is 237 g/mol. The number of hydrogen-bond donors (Lipinski definition) is 1. The summed E-state index contributed by atoms with van der Waals surface area (Å²) >= 11 is 2.10. The van der Waals surface area contributed by atoms with Crippen molar-refractivity contribution >= 4 is 11.8 Å². The molecule has 3 unspecified atom stereocenters. The summed E-state index contributed by atoms with van der Waals surface area (Å²) in [6, 6.07) is 0.799. The van der Waals surface area contributed by atoms with E-state index >= 15 is 0 Å². The first-order valence-corrected chi connectivity index (χ1v) is 8.01. The van der Waals surface area contributed by atoms with Gasteiger partial charge in [0.25, 0.3) is 0 Å². The van der Waals surface area contributed by atoms with E-state index in [2.05, 4.69) is 35.5 Å². The Bertz CT molecular complexity index is 280. The molecule has 2 fully saturated rings. The van der Waals surface area contributed by atoms with E-state index in [1.54, 1.807) is 0 Å². The summed E-state index contributed by atoms with van der Waals surface area (Å²) in [5, 5.41) is 3.85. The lowest BCUT2D eigenvalue weighted by Gasteiger charge is -2.42. The van der Waals surface area contributed by atoms with Crippen LogP contribution in [0.2, 0.25) is 0 Å². The molecule has 0 aromatic carbocycles. The van der Waals surface area contributed by atoms with Crippen LogP contribution in [0.4, 0.5) is 0 Å². The van der Waals surface area contributed by atoms with Crippen LogP contribution in [0.15, 0.2) is 12.2 Å². The Morgan fingerprint density at radius 3 is 2.88 bits per heavy atom. The molecule has 90 valence electrons. The predicted octanol–water partition coefficient (Wildman–Crippen LogP) is 3.22. The molecule has 0 radical (unpaired) electrons. The van der Waals surface area contributed by atoms with Gasteiger partial charge in [-0.15, -0.1) is 0 Å². The van der Waals surface area contributed by atoms with Gasteiger partial charge in [0, 0.05) is 17.3 Å². The van der Waals surface area contributed by atoms with E-state index in [9.17, 15) is 0 Å². The summed E-state index contributed by atoms with van der Waals surface area (Å²) < 4.78 is 0.577. The Kier molecular flexibility index (Phi) is 3.05. The molecule has 3 aliphatic rings. The lowest BCUT2D eigenvalue weighted by Crippen LogP contribution is -2.51. The Morgan fingerprint density at radius 1 is 1.38 bits per heavy atom. The summed E-state index contributed by atoms with van der Waals surface area (Å²) in [6.45, 7) is 1.25. The van der Waals surface area contributed by atoms with Gasteiger partial charge in [-0.25, -0.2) is 0 Å². The Morgan fingerprint density at radius 2 is 2.19 bits per heavy atom. The normalized spacial score (nSPS) is 39.7. The molecule has 2 heteroatoms. The molecule has 0 amide bonds. The zero-order chi connectivity index (χ0) is 11.0. The lowest BCUT2D eigenvalue weighted by atomic mass is 9.71. The van der Waals surface area contributed by atoms with Crippen LogP contribution >= 0.6 is 11.8 Å². The topological polar surface area (TPSA) is 12.0 Å². The smallest absolute Gasteiger partial charge is 0.0281 e. The molecule has 0 bridgehead atoms. The standard InChI is InChI=1S/C14H23NS/c1-16-14(7-2-3-8-14)10-15-13-9-11-5-4-6-12(11)13/h4,6,11-13,15H,2-3,5,7-10H2,1H3. The van der Waals surface area contributed by atoms with Gasteiger partial charge >= 0.3 is 0 Å². The van der Waals surface area contributed by atoms with Crippen LogP contribution in [0.3, 0.4) is 0 Å². The van der Waals surface area contributed by atoms with Gasteiger partial charge in [0.15, 0.2) is 0 Å². The van der Waals surface area contributed by atoms with Crippen LogP contribution in [-0.2, 0) is 0 Å². The number of allylic oxidation sites excluding steroid dienone is 1. The second-order valence-corrected chi connectivity index (χ2v) is 7.09. The molecule has 0 aliphatic heterocycles. The second kappa shape index (κ2) is 4.38. The van der Waals surface area contributed by atoms with Gasteiger partial charge in [0.1, 0.15) is 0 Å². The molecule has 16 heavy (non-hydrogen) atoms. The summed E-state index contributed by atoms with van der Waals surface area (Å²) in [5.41, 5.74) is 0. The van der Waals surface area contributed by atoms with Crippen molar-refractivity contribution in [2.45, 2.75) is 49.3 Å². The fraction of sp³-hybridized carbons (Fsp3) is 0.857. The fourth-order valence-electron chi connectivity index (χ4n) is 3.74. The highest BCUT2D eigenvalue weighted by molar-refractivity contribution is 8.00. The first-order chi connectivity index (χ1) is 7.83. The summed E-state index contributed by atoms with van der Waals surface area (Å²) in [7, 11) is 0. The highest BCUT2D eigenvalue weighted by atomic mass is 32.2. The second-order valence-electron chi connectivity index (χ2n) is 5.82. The summed E-state index contributed by atoms with van der Waals surface area (Å²) in [4.78, 5) is 0. The quantitative estimate of drug-likeness (QED) is 0.754. The molecule has 0 saturated heterocycles. The first kappa shape index (κ1) is 11.2. The van der Waals surface area contributed by atoms with Crippen LogP contribution < -0.4 is 5.32 Å². The SMILES string of the molecule is CSC1(CNC2CC3CC=CC32)CCCC1. The van der Waals surface area contributed by atoms with E-state index in [-0.39, 0.29) is 0 Å². The summed E-state index contributed by atoms with van der Waals surface area (Å²) in [6.07, 6.45) is 15.6. The summed E-state index contributed by atoms with van der Waals surface area (Å²) in [5.74, 6) is 1.87. The van der Waals surface area contributed by atoms with Crippen LogP contribution in [0.5, 0.6) is 0 Å². The average Bonchev–Trinajstić information content (AvgIpc) is 2.87. The van der Waals surface area contributed by atoms with Crippen molar-refractivity contribution in [1.29, 1.82) is 0 Å². The Labute approximate surface area is 103 Å². The third-order valence-electron chi connectivity index (χ3n) is 5.00. The van der Waals surface area contributed by atoms with Crippen molar-refractivity contribution in [3.05, 3.63) is 12.2 Å². The van der Waals surface area contributed by atoms with Crippen molar-refractivity contribution in [2.24, 2.45) is 11.8 Å². The van der Waals surface area contributed by atoms with Gasteiger partial charge in [-0.3, -0.25) is 0 Å². The fourth-order valence-corrected chi connectivity index (χ4v) is 4.66. The van der Waals surface area contributed by atoms with Gasteiger partial charge in [-0.05, 0) is 43.8 Å². The molecule has 2 saturated carbocycles. The number of hydrogen-bond acceptors (Lipinski definition) is 2. The molecular weight excluding hydrogens is 214 g/mol. The van der Waals surface area contributed by atoms with E-state index in [1.165, 1.54) is 45.1 Å². The number of nitrogens with one attached hydrogen (secondary N) is 1. The van der Waals surface area contributed by atoms with E-state index < -0.39 is 0 Å². The molecule has 0 aromatic heterocycles. The number of fused-ring (bicyclic) bond motifs is 1. The Balaban J connectivity index is 1.51. The van der Waals surface area contributed by atoms with Gasteiger partial charge in [-0.2, -0.15) is 11.8 Å². The minimum absolute atomic E-state index is 0.577. The zero-order valence-electron chi connectivity index (χ0n) is 10.2. The van der Waals surface area contributed by atoms with E-state index in [4.69, 9.17) is 0 Å². The Hall–Kier alpha value is 0.0500. The maximum atomic E-state index is 3.85. The molecule has 1 N–H and O–H groups in total. The van der Waals surface area contributed by atoms with E-state index in [0.29, 0.717) is 4.75 Å². The van der Waals surface area contributed by atoms with Gasteiger partial charge in [0.05, 0.1) is 0 Å². The molecule has 0 heterocycles. The van der Waals surface area contributed by atoms with Gasteiger partial charge in [-0.1, -0.05) is 25.0 Å². The van der Waals surface area contributed by atoms with Crippen molar-refractivity contribution in [2.75, 3.05) is 12.8 Å². The number of rotatable bonds is 4. The molecular formula is C14H23NS. The van der Waals surface area contributed by atoms with E-state index in [0.717, 1.165) is 17.9 Å². The first-order valence-electron chi connectivity index (χ1n) is 6.78. The molecule has 0 spiro atoms. The van der Waals surface area contributed by atoms with Crippen molar-refractivity contribution < 1.29 is 0 Å².